The molecule has 2 nitrogen and oxygen atoms in total. The molecule has 4 N–H and O–H groups in total. The second-order valence-corrected chi connectivity index (χ2v) is 3.46. The first-order chi connectivity index (χ1) is 7.35. The summed E-state index contributed by atoms with van der Waals surface area (Å²) in [5.74, 6) is -22.5. The third kappa shape index (κ3) is 1.30. The molecule has 0 radical (unpaired) electrons. The molecule has 100 valence electrons. The minimum Gasteiger partial charge on any atom is -0.398 e. The number of alkyl halides is 8. The van der Waals surface area contributed by atoms with Gasteiger partial charge in [0.15, 0.2) is 0 Å². The summed E-state index contributed by atoms with van der Waals surface area (Å²) in [6.07, 6.45) is 0. The Labute approximate surface area is 89.2 Å². The van der Waals surface area contributed by atoms with E-state index in [-0.39, 0.29) is 0 Å². The van der Waals surface area contributed by atoms with Gasteiger partial charge in [0.1, 0.15) is 6.67 Å². The van der Waals surface area contributed by atoms with E-state index in [2.05, 4.69) is 11.5 Å². The van der Waals surface area contributed by atoms with Gasteiger partial charge in [-0.25, -0.2) is 8.78 Å². The van der Waals surface area contributed by atoms with Gasteiger partial charge in [0.2, 0.25) is 0 Å². The molecule has 1 atom stereocenters. The highest BCUT2D eigenvalue weighted by molar-refractivity contribution is 5.38. The molecule has 0 amide bonds. The van der Waals surface area contributed by atoms with Crippen molar-refractivity contribution in [2.75, 3.05) is 6.67 Å². The third-order valence-corrected chi connectivity index (χ3v) is 2.48. The van der Waals surface area contributed by atoms with Crippen LogP contribution in [0.3, 0.4) is 0 Å². The number of allylic oxidation sites excluding steroid dienone is 1. The van der Waals surface area contributed by atoms with Crippen molar-refractivity contribution in [1.29, 1.82) is 0 Å². The summed E-state index contributed by atoms with van der Waals surface area (Å²) in [5, 5.41) is 0. The largest absolute Gasteiger partial charge is 0.398 e. The molecular formula is C7H6F8N2. The molecule has 0 saturated carbocycles. The molecule has 0 aliphatic heterocycles. The summed E-state index contributed by atoms with van der Waals surface area (Å²) in [7, 11) is 0. The van der Waals surface area contributed by atoms with E-state index >= 15 is 0 Å². The van der Waals surface area contributed by atoms with Crippen LogP contribution in [0.25, 0.3) is 0 Å². The first kappa shape index (κ1) is 14.0. The van der Waals surface area contributed by atoms with Crippen molar-refractivity contribution >= 4 is 0 Å². The van der Waals surface area contributed by atoms with Crippen LogP contribution in [0, 0.1) is 0 Å². The van der Waals surface area contributed by atoms with E-state index in [1.807, 2.05) is 0 Å². The number of nitrogens with two attached hydrogens (primary N) is 2. The molecule has 0 bridgehead atoms. The van der Waals surface area contributed by atoms with Crippen LogP contribution in [-0.2, 0) is 0 Å². The van der Waals surface area contributed by atoms with Crippen LogP contribution in [-0.4, -0.2) is 30.2 Å². The Hall–Kier alpha value is -1.06. The Morgan fingerprint density at radius 3 is 1.65 bits per heavy atom. The lowest BCUT2D eigenvalue weighted by molar-refractivity contribution is -0.337. The lowest BCUT2D eigenvalue weighted by atomic mass is 9.82. The highest BCUT2D eigenvalue weighted by Gasteiger charge is 2.83. The fourth-order valence-corrected chi connectivity index (χ4v) is 1.33. The average molecular weight is 270 g/mol. The minimum absolute atomic E-state index is 2.12. The van der Waals surface area contributed by atoms with Crippen molar-refractivity contribution in [3.05, 3.63) is 11.3 Å². The van der Waals surface area contributed by atoms with Crippen LogP contribution >= 0.6 is 0 Å². The quantitative estimate of drug-likeness (QED) is 0.563. The number of rotatable bonds is 1. The van der Waals surface area contributed by atoms with E-state index < -0.39 is 41.5 Å². The maximum absolute atomic E-state index is 13.2. The zero-order valence-electron chi connectivity index (χ0n) is 7.89. The molecular weight excluding hydrogens is 264 g/mol. The second-order valence-electron chi connectivity index (χ2n) is 3.46. The normalized spacial score (nSPS) is 34.9. The predicted octanol–water partition coefficient (Wildman–Crippen LogP) is 1.71. The van der Waals surface area contributed by atoms with Crippen LogP contribution < -0.4 is 11.5 Å². The molecule has 0 fully saturated rings. The maximum atomic E-state index is 13.2. The van der Waals surface area contributed by atoms with Gasteiger partial charge in [-0.15, -0.1) is 0 Å². The SMILES string of the molecule is NC1=C(CF)C(F)(F)C(F)(F)C(F)(F)C1(N)F. The zero-order valence-corrected chi connectivity index (χ0v) is 7.89. The van der Waals surface area contributed by atoms with Gasteiger partial charge in [-0.05, 0) is 0 Å². The Kier molecular flexibility index (Phi) is 2.67. The van der Waals surface area contributed by atoms with E-state index in [4.69, 9.17) is 0 Å². The fourth-order valence-electron chi connectivity index (χ4n) is 1.33. The van der Waals surface area contributed by atoms with Gasteiger partial charge >= 0.3 is 17.8 Å². The second kappa shape index (κ2) is 3.24. The summed E-state index contributed by atoms with van der Waals surface area (Å²) < 4.78 is 102. The molecule has 1 aliphatic carbocycles. The molecule has 0 aromatic rings. The molecule has 1 rings (SSSR count). The summed E-state index contributed by atoms with van der Waals surface area (Å²) in [6.45, 7) is -2.33. The minimum atomic E-state index is -6.19. The van der Waals surface area contributed by atoms with E-state index in [1.54, 1.807) is 0 Å². The van der Waals surface area contributed by atoms with E-state index in [0.29, 0.717) is 0 Å². The molecule has 0 heterocycles. The smallest absolute Gasteiger partial charge is 0.381 e. The summed E-state index contributed by atoms with van der Waals surface area (Å²) >= 11 is 0. The Morgan fingerprint density at radius 1 is 0.882 bits per heavy atom. The van der Waals surface area contributed by atoms with Gasteiger partial charge in [0, 0.05) is 0 Å². The summed E-state index contributed by atoms with van der Waals surface area (Å²) in [6, 6.07) is 0. The Bertz CT molecular complexity index is 372. The van der Waals surface area contributed by atoms with Crippen LogP contribution in [0.2, 0.25) is 0 Å². The molecule has 0 aromatic heterocycles. The van der Waals surface area contributed by atoms with E-state index in [9.17, 15) is 35.1 Å². The topological polar surface area (TPSA) is 52.0 Å². The summed E-state index contributed by atoms with van der Waals surface area (Å²) in [4.78, 5) is 0. The van der Waals surface area contributed by atoms with Crippen LogP contribution in [0.5, 0.6) is 0 Å². The van der Waals surface area contributed by atoms with E-state index in [0.717, 1.165) is 0 Å². The average Bonchev–Trinajstić information content (AvgIpc) is 2.15. The highest BCUT2D eigenvalue weighted by atomic mass is 19.3. The van der Waals surface area contributed by atoms with Crippen molar-refractivity contribution in [2.24, 2.45) is 11.5 Å². The van der Waals surface area contributed by atoms with Crippen molar-refractivity contribution in [3.63, 3.8) is 0 Å². The summed E-state index contributed by atoms with van der Waals surface area (Å²) in [5.41, 5.74) is 4.26. The van der Waals surface area contributed by atoms with Gasteiger partial charge < -0.3 is 5.73 Å². The highest BCUT2D eigenvalue weighted by Crippen LogP contribution is 2.58. The van der Waals surface area contributed by atoms with Crippen molar-refractivity contribution in [1.82, 2.24) is 0 Å². The molecule has 17 heavy (non-hydrogen) atoms. The monoisotopic (exact) mass is 270 g/mol. The van der Waals surface area contributed by atoms with Crippen molar-refractivity contribution in [2.45, 2.75) is 23.6 Å². The van der Waals surface area contributed by atoms with Gasteiger partial charge in [0.05, 0.1) is 11.3 Å². The third-order valence-electron chi connectivity index (χ3n) is 2.48. The van der Waals surface area contributed by atoms with Crippen molar-refractivity contribution < 1.29 is 35.1 Å². The van der Waals surface area contributed by atoms with Gasteiger partial charge in [-0.1, -0.05) is 0 Å². The number of hydrogen-bond acceptors (Lipinski definition) is 2. The predicted molar refractivity (Wildman–Crippen MR) is 40.1 cm³/mol. The first-order valence-electron chi connectivity index (χ1n) is 4.02. The molecule has 1 unspecified atom stereocenters. The zero-order chi connectivity index (χ0) is 13.9. The first-order valence-corrected chi connectivity index (χ1v) is 4.02. The molecule has 0 spiro atoms. The number of halogens is 8. The molecule has 1 aliphatic rings. The lowest BCUT2D eigenvalue weighted by Crippen LogP contribution is -2.73. The van der Waals surface area contributed by atoms with Crippen LogP contribution in [0.15, 0.2) is 11.3 Å². The van der Waals surface area contributed by atoms with Gasteiger partial charge in [0.25, 0.3) is 5.79 Å². The van der Waals surface area contributed by atoms with Crippen LogP contribution in [0.4, 0.5) is 35.1 Å². The molecule has 10 heteroatoms. The molecule has 0 saturated heterocycles. The maximum Gasteiger partial charge on any atom is 0.381 e. The van der Waals surface area contributed by atoms with Crippen LogP contribution in [0.1, 0.15) is 0 Å². The Morgan fingerprint density at radius 2 is 1.29 bits per heavy atom. The van der Waals surface area contributed by atoms with Gasteiger partial charge in [-0.3, -0.25) is 5.73 Å². The number of hydrogen-bond donors (Lipinski definition) is 2. The Balaban J connectivity index is 3.67. The molecule has 0 aromatic carbocycles. The standard InChI is InChI=1S/C7H6F8N2/c8-1-2-3(16)5(11,17)7(14,15)6(12,13)4(2,9)10/h1,16-17H2. The van der Waals surface area contributed by atoms with Crippen molar-refractivity contribution in [3.8, 4) is 0 Å². The fraction of sp³-hybridized carbons (Fsp3) is 0.714. The lowest BCUT2D eigenvalue weighted by Gasteiger charge is -2.44. The van der Waals surface area contributed by atoms with E-state index in [1.165, 1.54) is 0 Å². The van der Waals surface area contributed by atoms with Gasteiger partial charge in [-0.2, -0.15) is 26.3 Å².